The SMILES string of the molecule is CCCCN1N=CN(C(F)(F)F)C1C(C)C. The molecule has 0 radical (unpaired) electrons. The van der Waals surface area contributed by atoms with Gasteiger partial charge in [0.05, 0.1) is 0 Å². The van der Waals surface area contributed by atoms with E-state index in [9.17, 15) is 13.2 Å². The van der Waals surface area contributed by atoms with Gasteiger partial charge in [-0.1, -0.05) is 27.2 Å². The summed E-state index contributed by atoms with van der Waals surface area (Å²) in [5.74, 6) is -0.124. The second-order valence-corrected chi connectivity index (χ2v) is 4.28. The van der Waals surface area contributed by atoms with E-state index in [0.717, 1.165) is 19.2 Å². The molecule has 0 bridgehead atoms. The van der Waals surface area contributed by atoms with Crippen molar-refractivity contribution < 1.29 is 13.2 Å². The summed E-state index contributed by atoms with van der Waals surface area (Å²) in [4.78, 5) is 0.382. The van der Waals surface area contributed by atoms with Crippen LogP contribution in [0.15, 0.2) is 5.10 Å². The van der Waals surface area contributed by atoms with Crippen molar-refractivity contribution in [3.05, 3.63) is 0 Å². The van der Waals surface area contributed by atoms with Crippen LogP contribution in [0.4, 0.5) is 13.2 Å². The fourth-order valence-corrected chi connectivity index (χ4v) is 1.79. The Balaban J connectivity index is 2.73. The molecule has 0 aromatic rings. The van der Waals surface area contributed by atoms with Crippen LogP contribution >= 0.6 is 0 Å². The van der Waals surface area contributed by atoms with E-state index in [1.807, 2.05) is 6.92 Å². The van der Waals surface area contributed by atoms with Crippen LogP contribution < -0.4 is 0 Å². The zero-order valence-electron chi connectivity index (χ0n) is 9.83. The van der Waals surface area contributed by atoms with Crippen molar-refractivity contribution in [2.24, 2.45) is 11.0 Å². The van der Waals surface area contributed by atoms with Gasteiger partial charge < -0.3 is 0 Å². The number of nitrogens with zero attached hydrogens (tertiary/aromatic N) is 3. The van der Waals surface area contributed by atoms with Gasteiger partial charge in [0.15, 0.2) is 0 Å². The average molecular weight is 237 g/mol. The fourth-order valence-electron chi connectivity index (χ4n) is 1.79. The predicted molar refractivity (Wildman–Crippen MR) is 56.6 cm³/mol. The highest BCUT2D eigenvalue weighted by molar-refractivity contribution is 5.57. The van der Waals surface area contributed by atoms with Crippen molar-refractivity contribution >= 4 is 6.34 Å². The van der Waals surface area contributed by atoms with Crippen LogP contribution in [0.5, 0.6) is 0 Å². The van der Waals surface area contributed by atoms with Crippen molar-refractivity contribution in [1.82, 2.24) is 9.91 Å². The molecule has 3 nitrogen and oxygen atoms in total. The van der Waals surface area contributed by atoms with Gasteiger partial charge in [-0.25, -0.2) is 0 Å². The first-order valence-corrected chi connectivity index (χ1v) is 5.53. The van der Waals surface area contributed by atoms with Gasteiger partial charge in [-0.15, -0.1) is 13.2 Å². The highest BCUT2D eigenvalue weighted by Crippen LogP contribution is 2.30. The van der Waals surface area contributed by atoms with Gasteiger partial charge in [-0.3, -0.25) is 9.91 Å². The number of hydrazone groups is 1. The highest BCUT2D eigenvalue weighted by Gasteiger charge is 2.46. The van der Waals surface area contributed by atoms with Gasteiger partial charge in [0, 0.05) is 6.54 Å². The summed E-state index contributed by atoms with van der Waals surface area (Å²) >= 11 is 0. The Kier molecular flexibility index (Phi) is 4.04. The molecule has 0 aromatic carbocycles. The van der Waals surface area contributed by atoms with Crippen molar-refractivity contribution in [3.63, 3.8) is 0 Å². The van der Waals surface area contributed by atoms with Gasteiger partial charge in [-0.2, -0.15) is 5.10 Å². The van der Waals surface area contributed by atoms with Crippen LogP contribution in [0, 0.1) is 5.92 Å². The number of hydrogen-bond donors (Lipinski definition) is 0. The third-order valence-corrected chi connectivity index (χ3v) is 2.54. The van der Waals surface area contributed by atoms with Gasteiger partial charge >= 0.3 is 6.30 Å². The number of rotatable bonds is 4. The molecule has 0 aromatic heterocycles. The molecule has 1 aliphatic heterocycles. The van der Waals surface area contributed by atoms with E-state index in [4.69, 9.17) is 0 Å². The summed E-state index contributed by atoms with van der Waals surface area (Å²) in [6.07, 6.45) is -2.36. The lowest BCUT2D eigenvalue weighted by Gasteiger charge is -2.34. The first-order chi connectivity index (χ1) is 7.38. The van der Waals surface area contributed by atoms with Crippen molar-refractivity contribution in [2.45, 2.75) is 46.1 Å². The maximum atomic E-state index is 12.7. The molecule has 1 aliphatic rings. The van der Waals surface area contributed by atoms with E-state index in [-0.39, 0.29) is 5.92 Å². The minimum Gasteiger partial charge on any atom is -0.273 e. The smallest absolute Gasteiger partial charge is 0.273 e. The molecule has 1 rings (SSSR count). The van der Waals surface area contributed by atoms with Gasteiger partial charge in [-0.05, 0) is 12.3 Å². The Hall–Kier alpha value is -0.940. The molecule has 0 spiro atoms. The lowest BCUT2D eigenvalue weighted by atomic mass is 10.1. The summed E-state index contributed by atoms with van der Waals surface area (Å²) in [6.45, 7) is 6.13. The molecule has 0 saturated heterocycles. The largest absolute Gasteiger partial charge is 0.487 e. The van der Waals surface area contributed by atoms with Gasteiger partial charge in [0.2, 0.25) is 0 Å². The van der Waals surface area contributed by atoms with Crippen molar-refractivity contribution in [2.75, 3.05) is 6.54 Å². The van der Waals surface area contributed by atoms with Crippen molar-refractivity contribution in [3.8, 4) is 0 Å². The van der Waals surface area contributed by atoms with E-state index < -0.39 is 12.5 Å². The lowest BCUT2D eigenvalue weighted by Crippen LogP contribution is -2.50. The minimum atomic E-state index is -4.35. The molecular formula is C10H18F3N3. The molecule has 0 saturated carbocycles. The monoisotopic (exact) mass is 237 g/mol. The molecule has 0 fully saturated rings. The molecule has 0 N–H and O–H groups in total. The Morgan fingerprint density at radius 2 is 2.00 bits per heavy atom. The van der Waals surface area contributed by atoms with E-state index >= 15 is 0 Å². The number of hydrogen-bond acceptors (Lipinski definition) is 3. The van der Waals surface area contributed by atoms with Crippen LogP contribution in [-0.4, -0.2) is 35.3 Å². The quantitative estimate of drug-likeness (QED) is 0.700. The average Bonchev–Trinajstić information content (AvgIpc) is 2.57. The van der Waals surface area contributed by atoms with Crippen LogP contribution in [0.25, 0.3) is 0 Å². The zero-order chi connectivity index (χ0) is 12.3. The summed E-state index contributed by atoms with van der Waals surface area (Å²) in [7, 11) is 0. The molecule has 16 heavy (non-hydrogen) atoms. The third kappa shape index (κ3) is 2.80. The highest BCUT2D eigenvalue weighted by atomic mass is 19.4. The molecule has 1 heterocycles. The first-order valence-electron chi connectivity index (χ1n) is 5.53. The van der Waals surface area contributed by atoms with Gasteiger partial charge in [0.1, 0.15) is 12.5 Å². The number of alkyl halides is 3. The predicted octanol–water partition coefficient (Wildman–Crippen LogP) is 2.85. The molecule has 6 heteroatoms. The minimum absolute atomic E-state index is 0.124. The Bertz CT molecular complexity index is 250. The maximum absolute atomic E-state index is 12.7. The molecule has 1 unspecified atom stereocenters. The van der Waals surface area contributed by atoms with E-state index in [1.54, 1.807) is 13.8 Å². The molecule has 1 atom stereocenters. The zero-order valence-corrected chi connectivity index (χ0v) is 9.83. The van der Waals surface area contributed by atoms with Gasteiger partial charge in [0.25, 0.3) is 0 Å². The third-order valence-electron chi connectivity index (χ3n) is 2.54. The second-order valence-electron chi connectivity index (χ2n) is 4.28. The summed E-state index contributed by atoms with van der Waals surface area (Å²) in [5.41, 5.74) is 0. The first kappa shape index (κ1) is 13.1. The number of halogens is 3. The van der Waals surface area contributed by atoms with E-state index in [0.29, 0.717) is 11.4 Å². The summed E-state index contributed by atoms with van der Waals surface area (Å²) in [5, 5.41) is 5.37. The Morgan fingerprint density at radius 3 is 2.44 bits per heavy atom. The maximum Gasteiger partial charge on any atom is 0.487 e. The standard InChI is InChI=1S/C10H18F3N3/c1-4-5-6-16-9(8(2)3)15(7-14-16)10(11,12)13/h7-9H,4-6H2,1-3H3. The number of unbranched alkanes of at least 4 members (excludes halogenated alkanes) is 1. The molecular weight excluding hydrogens is 219 g/mol. The summed E-state index contributed by atoms with van der Waals surface area (Å²) < 4.78 is 38.0. The normalized spacial score (nSPS) is 21.3. The van der Waals surface area contributed by atoms with Crippen LogP contribution in [-0.2, 0) is 0 Å². The lowest BCUT2D eigenvalue weighted by molar-refractivity contribution is -0.239. The van der Waals surface area contributed by atoms with E-state index in [2.05, 4.69) is 5.10 Å². The molecule has 0 aliphatic carbocycles. The van der Waals surface area contributed by atoms with Crippen LogP contribution in [0.2, 0.25) is 0 Å². The van der Waals surface area contributed by atoms with Crippen LogP contribution in [0.1, 0.15) is 33.6 Å². The summed E-state index contributed by atoms with van der Waals surface area (Å²) in [6, 6.07) is 0. The van der Waals surface area contributed by atoms with E-state index in [1.165, 1.54) is 5.01 Å². The second kappa shape index (κ2) is 4.93. The Morgan fingerprint density at radius 1 is 1.38 bits per heavy atom. The topological polar surface area (TPSA) is 18.8 Å². The Labute approximate surface area is 93.9 Å². The molecule has 0 amide bonds. The molecule has 94 valence electrons. The van der Waals surface area contributed by atoms with Crippen LogP contribution in [0.3, 0.4) is 0 Å². The fraction of sp³-hybridized carbons (Fsp3) is 0.900. The van der Waals surface area contributed by atoms with Crippen molar-refractivity contribution in [1.29, 1.82) is 0 Å².